The van der Waals surface area contributed by atoms with Crippen LogP contribution in [0.5, 0.6) is 11.5 Å². The van der Waals surface area contributed by atoms with Crippen LogP contribution in [0.3, 0.4) is 0 Å². The number of hydrogen-bond acceptors (Lipinski definition) is 3. The molecule has 4 nitrogen and oxygen atoms in total. The van der Waals surface area contributed by atoms with Crippen molar-refractivity contribution in [1.29, 1.82) is 0 Å². The van der Waals surface area contributed by atoms with Gasteiger partial charge in [0.15, 0.2) is 5.15 Å². The van der Waals surface area contributed by atoms with E-state index in [4.69, 9.17) is 21.1 Å². The lowest BCUT2D eigenvalue weighted by atomic mass is 10.00. The van der Waals surface area contributed by atoms with Crippen molar-refractivity contribution in [3.8, 4) is 33.9 Å². The molecule has 0 amide bonds. The molecule has 0 radical (unpaired) electrons. The number of methoxy groups -OCH3 is 2. The Balaban J connectivity index is 2.24. The van der Waals surface area contributed by atoms with Gasteiger partial charge in [0.05, 0.1) is 31.0 Å². The van der Waals surface area contributed by atoms with Crippen LogP contribution in [-0.4, -0.2) is 24.0 Å². The highest BCUT2D eigenvalue weighted by Crippen LogP contribution is 2.41. The largest absolute Gasteiger partial charge is 0.497 e. The Hall–Kier alpha value is -2.60. The maximum absolute atomic E-state index is 14.6. The fourth-order valence-corrected chi connectivity index (χ4v) is 3.00. The van der Waals surface area contributed by atoms with Crippen molar-refractivity contribution < 1.29 is 18.3 Å². The van der Waals surface area contributed by atoms with Crippen molar-refractivity contribution in [3.63, 3.8) is 0 Å². The number of aromatic nitrogens is 2. The Labute approximate surface area is 148 Å². The van der Waals surface area contributed by atoms with Crippen LogP contribution in [0.2, 0.25) is 5.15 Å². The predicted octanol–water partition coefficient (Wildman–Crippen LogP) is 4.70. The highest BCUT2D eigenvalue weighted by atomic mass is 35.5. The van der Waals surface area contributed by atoms with Crippen molar-refractivity contribution in [2.75, 3.05) is 14.2 Å². The van der Waals surface area contributed by atoms with Crippen LogP contribution in [0.25, 0.3) is 22.4 Å². The molecule has 0 aliphatic carbocycles. The van der Waals surface area contributed by atoms with Crippen LogP contribution in [0, 0.1) is 11.6 Å². The van der Waals surface area contributed by atoms with E-state index in [0.717, 1.165) is 12.1 Å². The quantitative estimate of drug-likeness (QED) is 0.673. The van der Waals surface area contributed by atoms with E-state index in [1.165, 1.54) is 11.8 Å². The third kappa shape index (κ3) is 3.05. The maximum atomic E-state index is 14.6. The molecule has 0 atom stereocenters. The van der Waals surface area contributed by atoms with Gasteiger partial charge in [-0.05, 0) is 24.3 Å². The first kappa shape index (κ1) is 17.2. The van der Waals surface area contributed by atoms with E-state index in [0.29, 0.717) is 17.0 Å². The van der Waals surface area contributed by atoms with Crippen molar-refractivity contribution >= 4 is 11.6 Å². The first-order valence-electron chi connectivity index (χ1n) is 7.36. The molecular weight excluding hydrogens is 350 g/mol. The predicted molar refractivity (Wildman–Crippen MR) is 92.1 cm³/mol. The van der Waals surface area contributed by atoms with Gasteiger partial charge in [-0.3, -0.25) is 4.68 Å². The topological polar surface area (TPSA) is 36.3 Å². The zero-order valence-corrected chi connectivity index (χ0v) is 14.6. The first-order valence-corrected chi connectivity index (χ1v) is 7.74. The number of halogens is 3. The molecule has 0 aliphatic heterocycles. The molecule has 0 bridgehead atoms. The van der Waals surface area contributed by atoms with Gasteiger partial charge in [-0.25, -0.2) is 8.78 Å². The summed E-state index contributed by atoms with van der Waals surface area (Å²) in [5, 5.41) is 4.13. The highest BCUT2D eigenvalue weighted by molar-refractivity contribution is 6.33. The summed E-state index contributed by atoms with van der Waals surface area (Å²) in [5.41, 5.74) is 1.14. The van der Waals surface area contributed by atoms with Crippen LogP contribution in [0.4, 0.5) is 8.78 Å². The zero-order chi connectivity index (χ0) is 18.1. The molecule has 0 aliphatic rings. The molecule has 0 N–H and O–H groups in total. The third-order valence-electron chi connectivity index (χ3n) is 3.87. The second kappa shape index (κ2) is 6.72. The lowest BCUT2D eigenvalue weighted by molar-refractivity contribution is 0.407. The SMILES string of the molecule is COc1ccc(-c2c(-c3c(F)cc(OC)cc3F)c(Cl)nn2C)cc1. The Bertz CT molecular complexity index is 901. The number of rotatable bonds is 4. The molecule has 7 heteroatoms. The van der Waals surface area contributed by atoms with Crippen LogP contribution in [-0.2, 0) is 7.05 Å². The third-order valence-corrected chi connectivity index (χ3v) is 4.13. The van der Waals surface area contributed by atoms with Gasteiger partial charge in [0, 0.05) is 24.7 Å². The minimum absolute atomic E-state index is 0.0104. The van der Waals surface area contributed by atoms with E-state index in [-0.39, 0.29) is 22.0 Å². The van der Waals surface area contributed by atoms with Gasteiger partial charge in [-0.15, -0.1) is 0 Å². The summed E-state index contributed by atoms with van der Waals surface area (Å²) >= 11 is 6.19. The normalized spacial score (nSPS) is 10.8. The van der Waals surface area contributed by atoms with Crippen LogP contribution in [0.15, 0.2) is 36.4 Å². The highest BCUT2D eigenvalue weighted by Gasteiger charge is 2.24. The molecule has 130 valence electrons. The summed E-state index contributed by atoms with van der Waals surface area (Å²) in [4.78, 5) is 0. The van der Waals surface area contributed by atoms with E-state index in [9.17, 15) is 8.78 Å². The molecule has 0 unspecified atom stereocenters. The molecule has 3 aromatic rings. The molecule has 0 saturated heterocycles. The summed E-state index contributed by atoms with van der Waals surface area (Å²) in [7, 11) is 4.56. The molecule has 25 heavy (non-hydrogen) atoms. The molecule has 3 rings (SSSR count). The van der Waals surface area contributed by atoms with Crippen LogP contribution in [0.1, 0.15) is 0 Å². The Kier molecular flexibility index (Phi) is 4.63. The van der Waals surface area contributed by atoms with Gasteiger partial charge >= 0.3 is 0 Å². The smallest absolute Gasteiger partial charge is 0.159 e. The summed E-state index contributed by atoms with van der Waals surface area (Å²) in [6, 6.07) is 9.27. The molecule has 1 aromatic heterocycles. The van der Waals surface area contributed by atoms with Crippen LogP contribution >= 0.6 is 11.6 Å². The fourth-order valence-electron chi connectivity index (χ4n) is 2.70. The minimum Gasteiger partial charge on any atom is -0.497 e. The molecule has 2 aromatic carbocycles. The first-order chi connectivity index (χ1) is 12.0. The Morgan fingerprint density at radius 1 is 0.920 bits per heavy atom. The van der Waals surface area contributed by atoms with E-state index in [1.54, 1.807) is 38.4 Å². The van der Waals surface area contributed by atoms with Crippen molar-refractivity contribution in [2.45, 2.75) is 0 Å². The van der Waals surface area contributed by atoms with Gasteiger partial charge in [-0.1, -0.05) is 11.6 Å². The van der Waals surface area contributed by atoms with E-state index >= 15 is 0 Å². The lowest BCUT2D eigenvalue weighted by Crippen LogP contribution is -1.97. The summed E-state index contributed by atoms with van der Waals surface area (Å²) in [6.45, 7) is 0. The average molecular weight is 365 g/mol. The second-order valence-electron chi connectivity index (χ2n) is 5.33. The molecule has 0 saturated carbocycles. The standard InChI is InChI=1S/C18H15ClF2N2O2/c1-23-17(10-4-6-11(24-2)7-5-10)16(18(19)22-23)15-13(20)8-12(25-3)9-14(15)21/h4-9H,1-3H3. The van der Waals surface area contributed by atoms with Gasteiger partial charge in [0.2, 0.25) is 0 Å². The zero-order valence-electron chi connectivity index (χ0n) is 13.8. The molecular formula is C18H15ClF2N2O2. The number of benzene rings is 2. The summed E-state index contributed by atoms with van der Waals surface area (Å²) in [5.74, 6) is -0.798. The number of hydrogen-bond donors (Lipinski definition) is 0. The minimum atomic E-state index is -0.776. The molecule has 1 heterocycles. The van der Waals surface area contributed by atoms with E-state index in [2.05, 4.69) is 5.10 Å². The average Bonchev–Trinajstić information content (AvgIpc) is 2.88. The van der Waals surface area contributed by atoms with E-state index in [1.807, 2.05) is 0 Å². The van der Waals surface area contributed by atoms with Gasteiger partial charge < -0.3 is 9.47 Å². The Morgan fingerprint density at radius 3 is 2.00 bits per heavy atom. The molecule has 0 spiro atoms. The van der Waals surface area contributed by atoms with Crippen LogP contribution < -0.4 is 9.47 Å². The Morgan fingerprint density at radius 2 is 1.48 bits per heavy atom. The van der Waals surface area contributed by atoms with E-state index < -0.39 is 11.6 Å². The number of nitrogens with zero attached hydrogens (tertiary/aromatic N) is 2. The molecule has 0 fully saturated rings. The maximum Gasteiger partial charge on any atom is 0.159 e. The second-order valence-corrected chi connectivity index (χ2v) is 5.69. The van der Waals surface area contributed by atoms with Crippen molar-refractivity contribution in [1.82, 2.24) is 9.78 Å². The number of ether oxygens (including phenoxy) is 2. The monoisotopic (exact) mass is 364 g/mol. The van der Waals surface area contributed by atoms with Crippen molar-refractivity contribution in [3.05, 3.63) is 53.2 Å². The number of aryl methyl sites for hydroxylation is 1. The lowest BCUT2D eigenvalue weighted by Gasteiger charge is -2.11. The fraction of sp³-hybridized carbons (Fsp3) is 0.167. The van der Waals surface area contributed by atoms with Crippen molar-refractivity contribution in [2.24, 2.45) is 7.05 Å². The summed E-state index contributed by atoms with van der Waals surface area (Å²) < 4.78 is 40.6. The van der Waals surface area contributed by atoms with Gasteiger partial charge in [-0.2, -0.15) is 5.10 Å². The van der Waals surface area contributed by atoms with Gasteiger partial charge in [0.1, 0.15) is 23.1 Å². The van der Waals surface area contributed by atoms with Gasteiger partial charge in [0.25, 0.3) is 0 Å². The summed E-state index contributed by atoms with van der Waals surface area (Å²) in [6.07, 6.45) is 0.